The van der Waals surface area contributed by atoms with Gasteiger partial charge in [0.2, 0.25) is 0 Å². The van der Waals surface area contributed by atoms with Crippen molar-refractivity contribution in [2.45, 2.75) is 4.90 Å². The molecule has 1 amide bonds. The summed E-state index contributed by atoms with van der Waals surface area (Å²) in [4.78, 5) is 12.9. The summed E-state index contributed by atoms with van der Waals surface area (Å²) in [6.45, 7) is 0. The molecule has 0 aliphatic carbocycles. The molecular formula is C23H20N4O4S. The second-order valence-corrected chi connectivity index (χ2v) is 8.44. The minimum atomic E-state index is -3.94. The molecule has 8 nitrogen and oxygen atoms in total. The number of para-hydroxylation sites is 4. The van der Waals surface area contributed by atoms with Gasteiger partial charge in [0.1, 0.15) is 5.75 Å². The van der Waals surface area contributed by atoms with E-state index in [1.807, 2.05) is 12.1 Å². The molecule has 3 aromatic carbocycles. The lowest BCUT2D eigenvalue weighted by Gasteiger charge is -2.13. The summed E-state index contributed by atoms with van der Waals surface area (Å²) in [5.41, 5.74) is 1.73. The predicted molar refractivity (Wildman–Crippen MR) is 122 cm³/mol. The molecule has 162 valence electrons. The molecule has 0 saturated heterocycles. The van der Waals surface area contributed by atoms with Crippen molar-refractivity contribution in [1.29, 1.82) is 0 Å². The molecule has 0 spiro atoms. The van der Waals surface area contributed by atoms with E-state index in [0.717, 1.165) is 0 Å². The fourth-order valence-corrected chi connectivity index (χ4v) is 4.24. The lowest BCUT2D eigenvalue weighted by atomic mass is 10.2. The summed E-state index contributed by atoms with van der Waals surface area (Å²) >= 11 is 0. The van der Waals surface area contributed by atoms with Crippen LogP contribution < -0.4 is 14.8 Å². The minimum absolute atomic E-state index is 0.0450. The van der Waals surface area contributed by atoms with Gasteiger partial charge in [0, 0.05) is 18.0 Å². The van der Waals surface area contributed by atoms with Crippen molar-refractivity contribution < 1.29 is 17.9 Å². The van der Waals surface area contributed by atoms with E-state index < -0.39 is 15.9 Å². The van der Waals surface area contributed by atoms with E-state index in [2.05, 4.69) is 15.1 Å². The number of carbonyl (C=O) groups is 1. The van der Waals surface area contributed by atoms with Gasteiger partial charge in [-0.2, -0.15) is 5.10 Å². The van der Waals surface area contributed by atoms with Gasteiger partial charge in [0.15, 0.2) is 0 Å². The quantitative estimate of drug-likeness (QED) is 0.446. The number of nitrogens with one attached hydrogen (secondary N) is 2. The van der Waals surface area contributed by atoms with E-state index >= 15 is 0 Å². The summed E-state index contributed by atoms with van der Waals surface area (Å²) in [7, 11) is -2.49. The first kappa shape index (κ1) is 21.1. The van der Waals surface area contributed by atoms with Gasteiger partial charge >= 0.3 is 0 Å². The van der Waals surface area contributed by atoms with Gasteiger partial charge in [-0.1, -0.05) is 30.3 Å². The number of sulfonamides is 1. The van der Waals surface area contributed by atoms with Crippen LogP contribution in [0.4, 0.5) is 11.4 Å². The average Bonchev–Trinajstić information content (AvgIpc) is 3.34. The molecule has 0 radical (unpaired) electrons. The maximum absolute atomic E-state index is 12.9. The number of anilines is 2. The lowest BCUT2D eigenvalue weighted by Crippen LogP contribution is -2.17. The van der Waals surface area contributed by atoms with Crippen LogP contribution in [0.5, 0.6) is 5.75 Å². The first-order valence-electron chi connectivity index (χ1n) is 9.64. The molecule has 0 fully saturated rings. The number of ether oxygens (including phenoxy) is 1. The maximum Gasteiger partial charge on any atom is 0.262 e. The zero-order valence-corrected chi connectivity index (χ0v) is 17.9. The molecule has 32 heavy (non-hydrogen) atoms. The van der Waals surface area contributed by atoms with E-state index in [4.69, 9.17) is 4.74 Å². The zero-order chi connectivity index (χ0) is 22.6. The maximum atomic E-state index is 12.9. The van der Waals surface area contributed by atoms with Gasteiger partial charge in [0.05, 0.1) is 29.1 Å². The standard InChI is InChI=1S/C23H20N4O4S/c1-31-22-13-5-3-11-20(22)26-32(29,30)18-9-6-8-17(16-18)23(28)25-19-10-2-4-12-21(19)27-15-7-14-24-27/h2-16,26H,1H3,(H,25,28). The fourth-order valence-electron chi connectivity index (χ4n) is 3.12. The Morgan fingerprint density at radius 2 is 1.69 bits per heavy atom. The number of hydrogen-bond acceptors (Lipinski definition) is 5. The number of rotatable bonds is 7. The second-order valence-electron chi connectivity index (χ2n) is 6.76. The van der Waals surface area contributed by atoms with Gasteiger partial charge < -0.3 is 10.1 Å². The van der Waals surface area contributed by atoms with Crippen LogP contribution in [0.1, 0.15) is 10.4 Å². The monoisotopic (exact) mass is 448 g/mol. The molecule has 4 rings (SSSR count). The highest BCUT2D eigenvalue weighted by atomic mass is 32.2. The van der Waals surface area contributed by atoms with Crippen molar-refractivity contribution in [2.24, 2.45) is 0 Å². The molecule has 2 N–H and O–H groups in total. The Kier molecular flexibility index (Phi) is 5.91. The van der Waals surface area contributed by atoms with Gasteiger partial charge in [0.25, 0.3) is 15.9 Å². The fraction of sp³-hybridized carbons (Fsp3) is 0.0435. The van der Waals surface area contributed by atoms with Crippen LogP contribution in [-0.2, 0) is 10.0 Å². The third-order valence-electron chi connectivity index (χ3n) is 4.66. The third kappa shape index (κ3) is 4.47. The molecule has 0 bridgehead atoms. The summed E-state index contributed by atoms with van der Waals surface area (Å²) in [6.07, 6.45) is 3.41. The van der Waals surface area contributed by atoms with E-state index in [9.17, 15) is 13.2 Å². The highest BCUT2D eigenvalue weighted by Crippen LogP contribution is 2.26. The average molecular weight is 449 g/mol. The summed E-state index contributed by atoms with van der Waals surface area (Å²) in [5.74, 6) is -0.0563. The highest BCUT2D eigenvalue weighted by Gasteiger charge is 2.19. The number of carbonyl (C=O) groups excluding carboxylic acids is 1. The molecule has 4 aromatic rings. The van der Waals surface area contributed by atoms with Crippen LogP contribution in [-0.4, -0.2) is 31.2 Å². The molecule has 0 aliphatic rings. The predicted octanol–water partition coefficient (Wildman–Crippen LogP) is 3.93. The Hall–Kier alpha value is -4.11. The molecule has 0 atom stereocenters. The molecule has 0 aliphatic heterocycles. The SMILES string of the molecule is COc1ccccc1NS(=O)(=O)c1cccc(C(=O)Nc2ccccc2-n2cccn2)c1. The largest absolute Gasteiger partial charge is 0.495 e. The zero-order valence-electron chi connectivity index (χ0n) is 17.1. The van der Waals surface area contributed by atoms with Crippen LogP contribution in [0.3, 0.4) is 0 Å². The van der Waals surface area contributed by atoms with Gasteiger partial charge in [-0.15, -0.1) is 0 Å². The number of methoxy groups -OCH3 is 1. The van der Waals surface area contributed by atoms with Crippen LogP contribution in [0.25, 0.3) is 5.69 Å². The molecule has 9 heteroatoms. The van der Waals surface area contributed by atoms with Crippen molar-refractivity contribution in [3.8, 4) is 11.4 Å². The summed E-state index contributed by atoms with van der Waals surface area (Å²) in [6, 6.07) is 21.5. The van der Waals surface area contributed by atoms with Gasteiger partial charge in [-0.05, 0) is 48.5 Å². The lowest BCUT2D eigenvalue weighted by molar-refractivity contribution is 0.102. The van der Waals surface area contributed by atoms with Crippen LogP contribution in [0.2, 0.25) is 0 Å². The number of amides is 1. The third-order valence-corrected chi connectivity index (χ3v) is 6.02. The van der Waals surface area contributed by atoms with Crippen LogP contribution in [0, 0.1) is 0 Å². The van der Waals surface area contributed by atoms with Crippen molar-refractivity contribution in [1.82, 2.24) is 9.78 Å². The van der Waals surface area contributed by atoms with E-state index in [0.29, 0.717) is 22.8 Å². The Balaban J connectivity index is 1.59. The number of hydrogen-bond donors (Lipinski definition) is 2. The molecular weight excluding hydrogens is 428 g/mol. The molecule has 0 unspecified atom stereocenters. The first-order chi connectivity index (χ1) is 15.5. The number of benzene rings is 3. The highest BCUT2D eigenvalue weighted by molar-refractivity contribution is 7.92. The normalized spacial score (nSPS) is 11.0. The van der Waals surface area contributed by atoms with Crippen LogP contribution >= 0.6 is 0 Å². The number of aromatic nitrogens is 2. The Morgan fingerprint density at radius 1 is 0.938 bits per heavy atom. The van der Waals surface area contributed by atoms with Crippen LogP contribution in [0.15, 0.2) is 96.2 Å². The topological polar surface area (TPSA) is 102 Å². The second kappa shape index (κ2) is 8.94. The smallest absolute Gasteiger partial charge is 0.262 e. The Morgan fingerprint density at radius 3 is 2.44 bits per heavy atom. The number of nitrogens with zero attached hydrogens (tertiary/aromatic N) is 2. The molecule has 1 heterocycles. The minimum Gasteiger partial charge on any atom is -0.495 e. The van der Waals surface area contributed by atoms with E-state index in [-0.39, 0.29) is 10.5 Å². The van der Waals surface area contributed by atoms with Crippen molar-refractivity contribution in [3.05, 3.63) is 96.8 Å². The van der Waals surface area contributed by atoms with Gasteiger partial charge in [-0.3, -0.25) is 9.52 Å². The molecule has 0 saturated carbocycles. The first-order valence-corrected chi connectivity index (χ1v) is 11.1. The molecule has 1 aromatic heterocycles. The van der Waals surface area contributed by atoms with Crippen molar-refractivity contribution in [3.63, 3.8) is 0 Å². The Bertz CT molecular complexity index is 1350. The van der Waals surface area contributed by atoms with Crippen molar-refractivity contribution in [2.75, 3.05) is 17.1 Å². The van der Waals surface area contributed by atoms with Gasteiger partial charge in [-0.25, -0.2) is 13.1 Å². The van der Waals surface area contributed by atoms with E-state index in [1.165, 1.54) is 25.3 Å². The summed E-state index contributed by atoms with van der Waals surface area (Å²) in [5, 5.41) is 7.02. The summed E-state index contributed by atoms with van der Waals surface area (Å²) < 4.78 is 35.1. The van der Waals surface area contributed by atoms with E-state index in [1.54, 1.807) is 65.6 Å². The Labute approximate surface area is 185 Å². The van der Waals surface area contributed by atoms with Crippen molar-refractivity contribution >= 4 is 27.3 Å².